The van der Waals surface area contributed by atoms with Crippen LogP contribution in [0.25, 0.3) is 0 Å². The first-order valence-corrected chi connectivity index (χ1v) is 9.09. The number of allylic oxidation sites excluding steroid dienone is 1. The van der Waals surface area contributed by atoms with E-state index >= 15 is 0 Å². The molecule has 2 N–H and O–H groups in total. The molecule has 5 nitrogen and oxygen atoms in total. The van der Waals surface area contributed by atoms with Crippen LogP contribution in [0.15, 0.2) is 24.8 Å². The van der Waals surface area contributed by atoms with Crippen LogP contribution in [0.5, 0.6) is 5.75 Å². The molecule has 12 heteroatoms. The zero-order valence-corrected chi connectivity index (χ0v) is 14.5. The van der Waals surface area contributed by atoms with E-state index in [-0.39, 0.29) is 16.4 Å². The Morgan fingerprint density at radius 2 is 1.89 bits per heavy atom. The molecule has 27 heavy (non-hydrogen) atoms. The van der Waals surface area contributed by atoms with Gasteiger partial charge in [-0.15, -0.1) is 6.58 Å². The Bertz CT molecular complexity index is 820. The molecule has 0 fully saturated rings. The van der Waals surface area contributed by atoms with Crippen molar-refractivity contribution in [2.24, 2.45) is 0 Å². The summed E-state index contributed by atoms with van der Waals surface area (Å²) >= 11 is 0. The lowest BCUT2D eigenvalue weighted by molar-refractivity contribution is -0.138. The van der Waals surface area contributed by atoms with Gasteiger partial charge in [-0.05, 0) is 25.0 Å². The number of fused-ring (bicyclic) bond motifs is 1. The smallest absolute Gasteiger partial charge is 0.507 e. The number of phenols is 1. The van der Waals surface area contributed by atoms with Crippen molar-refractivity contribution >= 4 is 15.7 Å². The second-order valence-electron chi connectivity index (χ2n) is 5.94. The molecular formula is C15H16F6N2O3S. The molecule has 0 aromatic heterocycles. The highest BCUT2D eigenvalue weighted by molar-refractivity contribution is 7.89. The van der Waals surface area contributed by atoms with Gasteiger partial charge in [-0.25, -0.2) is 8.42 Å². The number of alkyl halides is 6. The van der Waals surface area contributed by atoms with Crippen LogP contribution in [0.2, 0.25) is 0 Å². The van der Waals surface area contributed by atoms with Crippen molar-refractivity contribution in [3.63, 3.8) is 0 Å². The number of hydrogen-bond acceptors (Lipinski definition) is 4. The Morgan fingerprint density at radius 3 is 2.41 bits per heavy atom. The van der Waals surface area contributed by atoms with E-state index in [1.807, 2.05) is 0 Å². The normalized spacial score (nSPS) is 19.1. The fourth-order valence-corrected chi connectivity index (χ4v) is 3.69. The van der Waals surface area contributed by atoms with Gasteiger partial charge in [-0.2, -0.15) is 30.6 Å². The second-order valence-corrected chi connectivity index (χ2v) is 7.87. The zero-order valence-electron chi connectivity index (χ0n) is 13.7. The summed E-state index contributed by atoms with van der Waals surface area (Å²) in [6.07, 6.45) is -2.96. The number of anilines is 1. The fraction of sp³-hybridized carbons (Fsp3) is 0.467. The molecule has 1 aliphatic rings. The molecule has 1 aromatic rings. The van der Waals surface area contributed by atoms with Crippen LogP contribution in [0, 0.1) is 0 Å². The number of hydrogen-bond donors (Lipinski definition) is 2. The van der Waals surface area contributed by atoms with Gasteiger partial charge in [0.25, 0.3) is 0 Å². The highest BCUT2D eigenvalue weighted by Gasteiger charge is 2.51. The SMILES string of the molecule is C=CCCC1CN(S(=O)(=O)C(F)(F)F)Cc2c(ccc(C(F)(F)F)c2O)N1. The van der Waals surface area contributed by atoms with Crippen LogP contribution < -0.4 is 5.32 Å². The van der Waals surface area contributed by atoms with Crippen molar-refractivity contribution in [2.75, 3.05) is 11.9 Å². The third-order valence-corrected chi connectivity index (χ3v) is 5.60. The van der Waals surface area contributed by atoms with Crippen molar-refractivity contribution < 1.29 is 39.9 Å². The van der Waals surface area contributed by atoms with Crippen LogP contribution >= 0.6 is 0 Å². The van der Waals surface area contributed by atoms with Crippen LogP contribution in [0.1, 0.15) is 24.0 Å². The first kappa shape index (κ1) is 21.4. The van der Waals surface area contributed by atoms with Gasteiger partial charge in [-0.3, -0.25) is 0 Å². The molecule has 1 aromatic carbocycles. The maximum absolute atomic E-state index is 13.0. The largest absolute Gasteiger partial charge is 0.511 e. The average molecular weight is 418 g/mol. The molecule has 1 aliphatic heterocycles. The van der Waals surface area contributed by atoms with Crippen molar-refractivity contribution in [3.05, 3.63) is 35.9 Å². The lowest BCUT2D eigenvalue weighted by Gasteiger charge is -2.25. The van der Waals surface area contributed by atoms with E-state index in [1.165, 1.54) is 6.08 Å². The van der Waals surface area contributed by atoms with Gasteiger partial charge < -0.3 is 10.4 Å². The number of rotatable bonds is 4. The van der Waals surface area contributed by atoms with Crippen molar-refractivity contribution in [1.29, 1.82) is 0 Å². The molecule has 0 saturated carbocycles. The molecule has 0 radical (unpaired) electrons. The van der Waals surface area contributed by atoms with Crippen molar-refractivity contribution in [1.82, 2.24) is 4.31 Å². The number of benzene rings is 1. The summed E-state index contributed by atoms with van der Waals surface area (Å²) in [5.41, 5.74) is -7.72. The molecule has 152 valence electrons. The van der Waals surface area contributed by atoms with E-state index in [0.29, 0.717) is 12.5 Å². The van der Waals surface area contributed by atoms with Crippen molar-refractivity contribution in [3.8, 4) is 5.75 Å². The Balaban J connectivity index is 2.58. The number of phenolic OH excluding ortho intramolecular Hbond substituents is 1. The van der Waals surface area contributed by atoms with Gasteiger partial charge in [0, 0.05) is 30.4 Å². The number of halogens is 6. The third kappa shape index (κ3) is 4.32. The summed E-state index contributed by atoms with van der Waals surface area (Å²) in [7, 11) is -5.81. The summed E-state index contributed by atoms with van der Waals surface area (Å²) in [6.45, 7) is 1.78. The maximum atomic E-state index is 13.0. The summed E-state index contributed by atoms with van der Waals surface area (Å²) in [4.78, 5) is 0. The molecule has 0 spiro atoms. The summed E-state index contributed by atoms with van der Waals surface area (Å²) in [6, 6.07) is 0.722. The molecule has 1 atom stereocenters. The van der Waals surface area contributed by atoms with Gasteiger partial charge in [-0.1, -0.05) is 6.08 Å². The topological polar surface area (TPSA) is 69.6 Å². The molecule has 0 bridgehead atoms. The van der Waals surface area contributed by atoms with Gasteiger partial charge in [0.1, 0.15) is 5.75 Å². The minimum absolute atomic E-state index is 0.0272. The molecule has 2 rings (SSSR count). The van der Waals surface area contributed by atoms with E-state index in [4.69, 9.17) is 0 Å². The highest BCUT2D eigenvalue weighted by Crippen LogP contribution is 2.42. The van der Waals surface area contributed by atoms with E-state index in [9.17, 15) is 39.9 Å². The molecule has 0 amide bonds. The van der Waals surface area contributed by atoms with E-state index in [2.05, 4.69) is 11.9 Å². The quantitative estimate of drug-likeness (QED) is 0.576. The fourth-order valence-electron chi connectivity index (χ4n) is 2.72. The Hall–Kier alpha value is -1.95. The molecule has 1 unspecified atom stereocenters. The summed E-state index contributed by atoms with van der Waals surface area (Å²) in [5.74, 6) is -1.31. The lowest BCUT2D eigenvalue weighted by Crippen LogP contribution is -2.44. The summed E-state index contributed by atoms with van der Waals surface area (Å²) in [5, 5.41) is 12.7. The second kappa shape index (κ2) is 7.23. The van der Waals surface area contributed by atoms with Crippen LogP contribution in [0.4, 0.5) is 32.0 Å². The molecule has 0 aliphatic carbocycles. The molecule has 1 heterocycles. The third-order valence-electron chi connectivity index (χ3n) is 4.06. The van der Waals surface area contributed by atoms with Gasteiger partial charge in [0.2, 0.25) is 0 Å². The predicted molar refractivity (Wildman–Crippen MR) is 85.3 cm³/mol. The van der Waals surface area contributed by atoms with E-state index in [0.717, 1.165) is 6.07 Å². The van der Waals surface area contributed by atoms with E-state index in [1.54, 1.807) is 0 Å². The van der Waals surface area contributed by atoms with Gasteiger partial charge in [0.05, 0.1) is 5.56 Å². The molecule has 0 saturated heterocycles. The minimum atomic E-state index is -5.81. The first-order chi connectivity index (χ1) is 12.3. The monoisotopic (exact) mass is 418 g/mol. The van der Waals surface area contributed by atoms with Gasteiger partial charge >= 0.3 is 21.7 Å². The Morgan fingerprint density at radius 1 is 1.26 bits per heavy atom. The van der Waals surface area contributed by atoms with Crippen LogP contribution in [-0.2, 0) is 22.7 Å². The Labute approximate surface area is 151 Å². The maximum Gasteiger partial charge on any atom is 0.511 e. The zero-order chi connectivity index (χ0) is 20.6. The predicted octanol–water partition coefficient (Wildman–Crippen LogP) is 3.82. The van der Waals surface area contributed by atoms with Gasteiger partial charge in [0.15, 0.2) is 0 Å². The number of sulfonamides is 1. The Kier molecular flexibility index (Phi) is 5.71. The van der Waals surface area contributed by atoms with Crippen molar-refractivity contribution in [2.45, 2.75) is 37.1 Å². The molecular weight excluding hydrogens is 402 g/mol. The van der Waals surface area contributed by atoms with Crippen LogP contribution in [-0.4, -0.2) is 35.9 Å². The number of nitrogens with zero attached hydrogens (tertiary/aromatic N) is 1. The highest BCUT2D eigenvalue weighted by atomic mass is 32.2. The van der Waals surface area contributed by atoms with Crippen LogP contribution in [0.3, 0.4) is 0 Å². The van der Waals surface area contributed by atoms with E-state index < -0.39 is 57.7 Å². The minimum Gasteiger partial charge on any atom is -0.507 e. The number of aromatic hydroxyl groups is 1. The standard InChI is InChI=1S/C15H16F6N2O3S/c1-2-3-4-9-7-23(27(25,26)15(19,20)21)8-10-12(22-9)6-5-11(13(10)24)14(16,17)18/h2,5-6,9,22,24H,1,3-4,7-8H2. The average Bonchev–Trinajstić information content (AvgIpc) is 2.71. The first-order valence-electron chi connectivity index (χ1n) is 7.65. The summed E-state index contributed by atoms with van der Waals surface area (Å²) < 4.78 is 102. The number of nitrogens with one attached hydrogen (secondary N) is 1. The lowest BCUT2D eigenvalue weighted by atomic mass is 10.1.